The van der Waals surface area contributed by atoms with Crippen LogP contribution in [0.3, 0.4) is 0 Å². The number of hydrogen-bond donors (Lipinski definition) is 2. The average molecular weight is 375 g/mol. The van der Waals surface area contributed by atoms with Crippen molar-refractivity contribution in [1.29, 1.82) is 10.7 Å². The first-order valence-corrected chi connectivity index (χ1v) is 8.11. The number of alkyl halides is 2. The van der Waals surface area contributed by atoms with Crippen LogP contribution in [-0.4, -0.2) is 35.8 Å². The summed E-state index contributed by atoms with van der Waals surface area (Å²) in [5.41, 5.74) is 2.07. The van der Waals surface area contributed by atoms with Crippen molar-refractivity contribution >= 4 is 5.84 Å². The Hall–Kier alpha value is -3.21. The summed E-state index contributed by atoms with van der Waals surface area (Å²) in [6, 6.07) is 4.95. The van der Waals surface area contributed by atoms with Gasteiger partial charge >= 0.3 is 0 Å². The summed E-state index contributed by atoms with van der Waals surface area (Å²) in [5, 5.41) is 20.3. The van der Waals surface area contributed by atoms with E-state index in [1.165, 1.54) is 6.07 Å². The van der Waals surface area contributed by atoms with Gasteiger partial charge in [-0.1, -0.05) is 12.7 Å². The van der Waals surface area contributed by atoms with Crippen LogP contribution >= 0.6 is 0 Å². The number of likely N-dealkylation sites (N-methyl/N-ethyl adjacent to an activating group) is 1. The van der Waals surface area contributed by atoms with E-state index in [0.717, 1.165) is 5.70 Å². The molecule has 2 N–H and O–H groups in total. The fourth-order valence-corrected chi connectivity index (χ4v) is 2.20. The number of ether oxygens (including phenoxy) is 1. The zero-order chi connectivity index (χ0) is 20.6. The topological polar surface area (TPSA) is 85.0 Å². The normalized spacial score (nSPS) is 13.6. The van der Waals surface area contributed by atoms with Crippen LogP contribution in [0, 0.1) is 16.7 Å². The quantitative estimate of drug-likeness (QED) is 0.768. The second-order valence-corrected chi connectivity index (χ2v) is 5.64. The maximum Gasteiger partial charge on any atom is 0.272 e. The van der Waals surface area contributed by atoms with Gasteiger partial charge in [0.1, 0.15) is 23.3 Å². The van der Waals surface area contributed by atoms with E-state index in [-0.39, 0.29) is 17.3 Å². The lowest BCUT2D eigenvalue weighted by molar-refractivity contribution is 0.0793. The molecule has 2 heterocycles. The largest absolute Gasteiger partial charge is 0.471 e. The highest BCUT2D eigenvalue weighted by Crippen LogP contribution is 2.22. The van der Waals surface area contributed by atoms with Crippen molar-refractivity contribution in [1.82, 2.24) is 15.2 Å². The molecule has 1 aliphatic rings. The predicted molar refractivity (Wildman–Crippen MR) is 100 cm³/mol. The smallest absolute Gasteiger partial charge is 0.272 e. The molecular formula is C19H23F2N5O. The molecule has 1 aromatic heterocycles. The maximum absolute atomic E-state index is 12.3. The molecule has 27 heavy (non-hydrogen) atoms. The molecule has 0 saturated carbocycles. The molecular weight excluding hydrogens is 352 g/mol. The molecule has 1 aromatic rings. The van der Waals surface area contributed by atoms with E-state index in [2.05, 4.69) is 23.5 Å². The number of nitrogens with zero attached hydrogens (tertiary/aromatic N) is 3. The molecule has 0 aliphatic carbocycles. The zero-order valence-corrected chi connectivity index (χ0v) is 15.6. The maximum atomic E-state index is 12.3. The molecule has 0 bridgehead atoms. The van der Waals surface area contributed by atoms with E-state index < -0.39 is 13.0 Å². The van der Waals surface area contributed by atoms with Crippen LogP contribution in [0.1, 0.15) is 25.1 Å². The van der Waals surface area contributed by atoms with Gasteiger partial charge in [0.2, 0.25) is 5.88 Å². The Morgan fingerprint density at radius 1 is 1.48 bits per heavy atom. The van der Waals surface area contributed by atoms with Gasteiger partial charge in [-0.15, -0.1) is 6.58 Å². The van der Waals surface area contributed by atoms with Crippen LogP contribution < -0.4 is 10.1 Å². The summed E-state index contributed by atoms with van der Waals surface area (Å²) in [4.78, 5) is 5.74. The van der Waals surface area contributed by atoms with E-state index in [0.29, 0.717) is 23.5 Å². The minimum absolute atomic E-state index is 0.0902. The monoisotopic (exact) mass is 375 g/mol. The Kier molecular flexibility index (Phi) is 8.14. The number of nitrogens with one attached hydrogen (secondary N) is 2. The first-order valence-electron chi connectivity index (χ1n) is 8.11. The van der Waals surface area contributed by atoms with Crippen LogP contribution in [0.25, 0.3) is 0 Å². The van der Waals surface area contributed by atoms with Crippen LogP contribution in [0.4, 0.5) is 8.78 Å². The fourth-order valence-electron chi connectivity index (χ4n) is 2.20. The molecule has 8 heteroatoms. The molecule has 1 aliphatic heterocycles. The van der Waals surface area contributed by atoms with E-state index in [4.69, 9.17) is 15.4 Å². The number of aromatic nitrogens is 1. The van der Waals surface area contributed by atoms with Gasteiger partial charge in [0.15, 0.2) is 6.61 Å². The van der Waals surface area contributed by atoms with Crippen molar-refractivity contribution in [3.8, 4) is 11.9 Å². The lowest BCUT2D eigenvalue weighted by atomic mass is 10.0. The van der Waals surface area contributed by atoms with Crippen LogP contribution in [0.2, 0.25) is 0 Å². The van der Waals surface area contributed by atoms with Gasteiger partial charge in [-0.05, 0) is 26.0 Å². The molecule has 0 saturated heterocycles. The number of allylic oxidation sites excluding steroid dienone is 2. The van der Waals surface area contributed by atoms with E-state index in [1.54, 1.807) is 24.1 Å². The van der Waals surface area contributed by atoms with Gasteiger partial charge < -0.3 is 15.0 Å². The Morgan fingerprint density at radius 2 is 2.11 bits per heavy atom. The van der Waals surface area contributed by atoms with Gasteiger partial charge in [0.25, 0.3) is 6.43 Å². The molecule has 0 atom stereocenters. The number of amidine groups is 1. The predicted octanol–water partition coefficient (Wildman–Crippen LogP) is 3.59. The first kappa shape index (κ1) is 21.8. The summed E-state index contributed by atoms with van der Waals surface area (Å²) in [6.07, 6.45) is -0.603. The van der Waals surface area contributed by atoms with Crippen LogP contribution in [-0.2, 0) is 6.42 Å². The molecule has 144 valence electrons. The summed E-state index contributed by atoms with van der Waals surface area (Å²) in [6.45, 7) is 10.1. The highest BCUT2D eigenvalue weighted by Gasteiger charge is 2.22. The number of pyridine rings is 1. The molecule has 0 aromatic carbocycles. The average Bonchev–Trinajstić information content (AvgIpc) is 2.62. The first-order chi connectivity index (χ1) is 12.7. The zero-order valence-electron chi connectivity index (χ0n) is 15.6. The molecule has 0 spiro atoms. The summed E-state index contributed by atoms with van der Waals surface area (Å²) >= 11 is 0. The van der Waals surface area contributed by atoms with Gasteiger partial charge in [-0.3, -0.25) is 5.41 Å². The van der Waals surface area contributed by atoms with Crippen molar-refractivity contribution in [3.63, 3.8) is 0 Å². The highest BCUT2D eigenvalue weighted by molar-refractivity contribution is 5.98. The molecule has 0 fully saturated rings. The molecule has 0 amide bonds. The van der Waals surface area contributed by atoms with Gasteiger partial charge in [0, 0.05) is 30.4 Å². The molecule has 2 rings (SSSR count). The number of halogens is 2. The fraction of sp³-hybridized carbons (Fsp3) is 0.316. The minimum atomic E-state index is -2.65. The number of nitriles is 1. The second-order valence-electron chi connectivity index (χ2n) is 5.64. The highest BCUT2D eigenvalue weighted by atomic mass is 19.3. The van der Waals surface area contributed by atoms with Crippen molar-refractivity contribution < 1.29 is 13.5 Å². The molecule has 0 radical (unpaired) electrons. The summed E-state index contributed by atoms with van der Waals surface area (Å²) in [5.74, 6) is 0.745. The van der Waals surface area contributed by atoms with E-state index >= 15 is 0 Å². The van der Waals surface area contributed by atoms with Gasteiger partial charge in [0.05, 0.1) is 0 Å². The third kappa shape index (κ3) is 5.92. The van der Waals surface area contributed by atoms with Crippen molar-refractivity contribution in [2.24, 2.45) is 0 Å². The Morgan fingerprint density at radius 3 is 2.67 bits per heavy atom. The van der Waals surface area contributed by atoms with Gasteiger partial charge in [-0.25, -0.2) is 13.8 Å². The van der Waals surface area contributed by atoms with E-state index in [9.17, 15) is 8.78 Å². The third-order valence-corrected chi connectivity index (χ3v) is 3.55. The lowest BCUT2D eigenvalue weighted by Gasteiger charge is -2.31. The summed E-state index contributed by atoms with van der Waals surface area (Å²) < 4.78 is 29.6. The standard InChI is InChI=1S/C16H17F2N5O.C3H6/c1-9-13(15(20)23(3)10(2)21-9)6-12-5-4-11(7-19)16(22-12)24-8-14(17)18;1-3-2/h4-5,14,20-21H,2,6,8H2,1,3H3;3H,1H2,2H3. The third-order valence-electron chi connectivity index (χ3n) is 3.55. The number of rotatable bonds is 5. The minimum Gasteiger partial charge on any atom is -0.471 e. The second kappa shape index (κ2) is 10.1. The van der Waals surface area contributed by atoms with Crippen molar-refractivity contribution in [2.45, 2.75) is 26.7 Å². The SMILES string of the molecule is C=C1NC(C)=C(Cc2ccc(C#N)c(OCC(F)F)n2)C(=N)N1C.C=CC. The summed E-state index contributed by atoms with van der Waals surface area (Å²) in [7, 11) is 1.72. The Bertz CT molecular complexity index is 796. The Balaban J connectivity index is 0.00000114. The molecule has 6 nitrogen and oxygen atoms in total. The molecule has 0 unspecified atom stereocenters. The van der Waals surface area contributed by atoms with Crippen molar-refractivity contribution in [3.05, 3.63) is 59.7 Å². The van der Waals surface area contributed by atoms with Gasteiger partial charge in [-0.2, -0.15) is 5.26 Å². The van der Waals surface area contributed by atoms with Crippen LogP contribution in [0.15, 0.2) is 48.5 Å². The lowest BCUT2D eigenvalue weighted by Crippen LogP contribution is -2.39. The Labute approximate surface area is 158 Å². The van der Waals surface area contributed by atoms with Crippen molar-refractivity contribution in [2.75, 3.05) is 13.7 Å². The number of hydrogen-bond acceptors (Lipinski definition) is 5. The van der Waals surface area contributed by atoms with Crippen LogP contribution in [0.5, 0.6) is 5.88 Å². The van der Waals surface area contributed by atoms with E-state index in [1.807, 2.05) is 19.9 Å².